The highest BCUT2D eigenvalue weighted by atomic mass is 16.5. The van der Waals surface area contributed by atoms with E-state index in [1.54, 1.807) is 6.92 Å². The third-order valence-electron chi connectivity index (χ3n) is 2.20. The van der Waals surface area contributed by atoms with Crippen LogP contribution in [0.15, 0.2) is 0 Å². The van der Waals surface area contributed by atoms with Crippen LogP contribution in [0.3, 0.4) is 0 Å². The molecule has 0 aromatic carbocycles. The summed E-state index contributed by atoms with van der Waals surface area (Å²) in [6.45, 7) is 3.53. The first-order valence-corrected chi connectivity index (χ1v) is 5.60. The summed E-state index contributed by atoms with van der Waals surface area (Å²) in [5, 5.41) is 17.2. The fourth-order valence-electron chi connectivity index (χ4n) is 1.10. The Balaban J connectivity index is 0. The molecule has 4 N–H and O–H groups in total. The van der Waals surface area contributed by atoms with E-state index in [0.717, 1.165) is 6.42 Å². The van der Waals surface area contributed by atoms with Crippen LogP contribution in [0.2, 0.25) is 0 Å². The van der Waals surface area contributed by atoms with E-state index in [9.17, 15) is 9.59 Å². The highest BCUT2D eigenvalue weighted by Crippen LogP contribution is 2.08. The van der Waals surface area contributed by atoms with Gasteiger partial charge in [-0.05, 0) is 6.42 Å². The number of carboxylic acid groups (broad SMARTS) is 1. The van der Waals surface area contributed by atoms with Crippen LogP contribution in [0.25, 0.3) is 0 Å². The standard InChI is InChI=1S/C7H15NO3.C4H8O2/c1-2-3-5(4-9)6(8)7(10)11;1-3-4(5)6-2/h5-6,9H,2-4,8H2,1H3,(H,10,11);3H2,1-2H3/t5?,6-;/m0./s1. The van der Waals surface area contributed by atoms with Gasteiger partial charge in [0.15, 0.2) is 0 Å². The van der Waals surface area contributed by atoms with Crippen LogP contribution in [-0.4, -0.2) is 41.9 Å². The number of methoxy groups -OCH3 is 1. The van der Waals surface area contributed by atoms with Crippen LogP contribution in [-0.2, 0) is 14.3 Å². The molecule has 0 aromatic heterocycles. The molecule has 0 aliphatic rings. The fraction of sp³-hybridized carbons (Fsp3) is 0.818. The zero-order valence-corrected chi connectivity index (χ0v) is 10.7. The van der Waals surface area contributed by atoms with Crippen molar-refractivity contribution in [3.8, 4) is 0 Å². The van der Waals surface area contributed by atoms with Gasteiger partial charge in [-0.2, -0.15) is 0 Å². The van der Waals surface area contributed by atoms with E-state index >= 15 is 0 Å². The third-order valence-corrected chi connectivity index (χ3v) is 2.20. The Morgan fingerprint density at radius 3 is 2.06 bits per heavy atom. The Morgan fingerprint density at radius 1 is 1.35 bits per heavy atom. The molecular formula is C11H23NO5. The highest BCUT2D eigenvalue weighted by Gasteiger charge is 2.22. The molecule has 6 nitrogen and oxygen atoms in total. The van der Waals surface area contributed by atoms with Crippen molar-refractivity contribution >= 4 is 11.9 Å². The largest absolute Gasteiger partial charge is 0.480 e. The lowest BCUT2D eigenvalue weighted by Crippen LogP contribution is -2.39. The predicted octanol–water partition coefficient (Wildman–Crippen LogP) is 0.376. The number of carbonyl (C=O) groups is 2. The van der Waals surface area contributed by atoms with Gasteiger partial charge >= 0.3 is 11.9 Å². The first kappa shape index (κ1) is 18.2. The Hall–Kier alpha value is -1.14. The Labute approximate surface area is 102 Å². The van der Waals surface area contributed by atoms with Crippen LogP contribution in [0.4, 0.5) is 0 Å². The minimum Gasteiger partial charge on any atom is -0.480 e. The smallest absolute Gasteiger partial charge is 0.320 e. The van der Waals surface area contributed by atoms with Gasteiger partial charge in [-0.25, -0.2) is 0 Å². The van der Waals surface area contributed by atoms with E-state index in [1.165, 1.54) is 7.11 Å². The molecule has 0 aromatic rings. The van der Waals surface area contributed by atoms with Crippen molar-refractivity contribution in [3.05, 3.63) is 0 Å². The maximum Gasteiger partial charge on any atom is 0.320 e. The number of hydrogen-bond acceptors (Lipinski definition) is 5. The van der Waals surface area contributed by atoms with Crippen LogP contribution in [0, 0.1) is 5.92 Å². The number of aliphatic hydroxyl groups excluding tert-OH is 1. The molecule has 2 atom stereocenters. The van der Waals surface area contributed by atoms with Gasteiger partial charge in [-0.1, -0.05) is 20.3 Å². The summed E-state index contributed by atoms with van der Waals surface area (Å²) in [4.78, 5) is 20.3. The van der Waals surface area contributed by atoms with Gasteiger partial charge in [0.1, 0.15) is 6.04 Å². The first-order chi connectivity index (χ1) is 7.94. The summed E-state index contributed by atoms with van der Waals surface area (Å²) in [6.07, 6.45) is 1.96. The van der Waals surface area contributed by atoms with Gasteiger partial charge < -0.3 is 20.7 Å². The van der Waals surface area contributed by atoms with Gasteiger partial charge in [-0.15, -0.1) is 0 Å². The number of carbonyl (C=O) groups excluding carboxylic acids is 1. The van der Waals surface area contributed by atoms with E-state index in [4.69, 9.17) is 15.9 Å². The monoisotopic (exact) mass is 249 g/mol. The zero-order valence-electron chi connectivity index (χ0n) is 10.7. The highest BCUT2D eigenvalue weighted by molar-refractivity contribution is 5.73. The predicted molar refractivity (Wildman–Crippen MR) is 63.4 cm³/mol. The van der Waals surface area contributed by atoms with Crippen LogP contribution < -0.4 is 5.73 Å². The van der Waals surface area contributed by atoms with Gasteiger partial charge in [0.25, 0.3) is 0 Å². The summed E-state index contributed by atoms with van der Waals surface area (Å²) < 4.78 is 4.26. The number of aliphatic hydroxyl groups is 1. The molecule has 1 unspecified atom stereocenters. The van der Waals surface area contributed by atoms with E-state index in [2.05, 4.69) is 4.74 Å². The molecule has 0 fully saturated rings. The normalized spacial score (nSPS) is 13.0. The Morgan fingerprint density at radius 2 is 1.88 bits per heavy atom. The summed E-state index contributed by atoms with van der Waals surface area (Å²) in [5.74, 6) is -1.51. The first-order valence-electron chi connectivity index (χ1n) is 5.60. The Bertz CT molecular complexity index is 214. The zero-order chi connectivity index (χ0) is 13.8. The number of ether oxygens (including phenoxy) is 1. The molecule has 0 amide bonds. The molecule has 102 valence electrons. The van der Waals surface area contributed by atoms with Crippen molar-refractivity contribution in [2.75, 3.05) is 13.7 Å². The molecule has 0 heterocycles. The average molecular weight is 249 g/mol. The lowest BCUT2D eigenvalue weighted by atomic mass is 9.97. The molecule has 0 saturated carbocycles. The van der Waals surface area contributed by atoms with Crippen molar-refractivity contribution < 1.29 is 24.5 Å². The molecular weight excluding hydrogens is 226 g/mol. The summed E-state index contributed by atoms with van der Waals surface area (Å²) in [7, 11) is 1.38. The van der Waals surface area contributed by atoms with Gasteiger partial charge in [-0.3, -0.25) is 9.59 Å². The second kappa shape index (κ2) is 11.3. The minimum atomic E-state index is -1.04. The molecule has 0 radical (unpaired) electrons. The molecule has 0 rings (SSSR count). The van der Waals surface area contributed by atoms with Crippen molar-refractivity contribution in [2.24, 2.45) is 11.7 Å². The molecule has 0 aliphatic carbocycles. The number of aliphatic carboxylic acids is 1. The topological polar surface area (TPSA) is 110 Å². The number of rotatable bonds is 6. The summed E-state index contributed by atoms with van der Waals surface area (Å²) in [5.41, 5.74) is 5.30. The van der Waals surface area contributed by atoms with Crippen molar-refractivity contribution in [1.82, 2.24) is 0 Å². The SMILES string of the molecule is CCC(=O)OC.CCCC(CO)[C@H](N)C(=O)O. The Kier molecular flexibility index (Phi) is 12.2. The second-order valence-corrected chi connectivity index (χ2v) is 3.53. The summed E-state index contributed by atoms with van der Waals surface area (Å²) in [6, 6.07) is -0.931. The van der Waals surface area contributed by atoms with E-state index in [-0.39, 0.29) is 18.5 Å². The van der Waals surface area contributed by atoms with Gasteiger partial charge in [0, 0.05) is 18.9 Å². The van der Waals surface area contributed by atoms with Crippen molar-refractivity contribution in [1.29, 1.82) is 0 Å². The molecule has 0 bridgehead atoms. The second-order valence-electron chi connectivity index (χ2n) is 3.53. The maximum absolute atomic E-state index is 10.3. The quantitative estimate of drug-likeness (QED) is 0.587. The molecule has 0 spiro atoms. The van der Waals surface area contributed by atoms with E-state index in [0.29, 0.717) is 12.8 Å². The lowest BCUT2D eigenvalue weighted by molar-refractivity contribution is -0.141. The van der Waals surface area contributed by atoms with E-state index in [1.807, 2.05) is 6.92 Å². The minimum absolute atomic E-state index is 0.151. The van der Waals surface area contributed by atoms with Crippen LogP contribution in [0.5, 0.6) is 0 Å². The molecule has 0 saturated heterocycles. The lowest BCUT2D eigenvalue weighted by Gasteiger charge is -2.16. The number of esters is 1. The number of hydrogen-bond donors (Lipinski definition) is 3. The van der Waals surface area contributed by atoms with Crippen molar-refractivity contribution in [3.63, 3.8) is 0 Å². The van der Waals surface area contributed by atoms with Gasteiger partial charge in [0.2, 0.25) is 0 Å². The maximum atomic E-state index is 10.3. The van der Waals surface area contributed by atoms with E-state index < -0.39 is 12.0 Å². The van der Waals surface area contributed by atoms with Crippen LogP contribution >= 0.6 is 0 Å². The summed E-state index contributed by atoms with van der Waals surface area (Å²) >= 11 is 0. The van der Waals surface area contributed by atoms with Crippen LogP contribution in [0.1, 0.15) is 33.1 Å². The number of nitrogens with two attached hydrogens (primary N) is 1. The number of carboxylic acids is 1. The van der Waals surface area contributed by atoms with Crippen molar-refractivity contribution in [2.45, 2.75) is 39.2 Å². The average Bonchev–Trinajstić information content (AvgIpc) is 2.34. The molecule has 0 aliphatic heterocycles. The third kappa shape index (κ3) is 9.77. The molecule has 17 heavy (non-hydrogen) atoms. The van der Waals surface area contributed by atoms with Gasteiger partial charge in [0.05, 0.1) is 7.11 Å². The molecule has 6 heteroatoms. The fourth-order valence-corrected chi connectivity index (χ4v) is 1.10.